The molecule has 2 atom stereocenters. The molecule has 0 heterocycles. The molecule has 0 aliphatic carbocycles. The average Bonchev–Trinajstić information content (AvgIpc) is 2.76. The third-order valence-corrected chi connectivity index (χ3v) is 5.43. The zero-order valence-corrected chi connectivity index (χ0v) is 20.3. The molecule has 33 heavy (non-hydrogen) atoms. The van der Waals surface area contributed by atoms with E-state index in [1.54, 1.807) is 24.5 Å². The third kappa shape index (κ3) is 7.64. The summed E-state index contributed by atoms with van der Waals surface area (Å²) in [4.78, 5) is 17.9. The minimum Gasteiger partial charge on any atom is -0.508 e. The van der Waals surface area contributed by atoms with Gasteiger partial charge in [0.25, 0.3) is 0 Å². The Hall–Kier alpha value is -3.32. The monoisotopic (exact) mass is 453 g/mol. The van der Waals surface area contributed by atoms with Crippen molar-refractivity contribution in [3.05, 3.63) is 70.4 Å². The van der Waals surface area contributed by atoms with Crippen LogP contribution in [0.25, 0.3) is 0 Å². The molecule has 3 N–H and O–H groups in total. The number of ether oxygens (including phenoxy) is 1. The van der Waals surface area contributed by atoms with E-state index in [2.05, 4.69) is 15.2 Å². The first-order valence-corrected chi connectivity index (χ1v) is 11.0. The van der Waals surface area contributed by atoms with Gasteiger partial charge in [0.05, 0.1) is 17.9 Å². The molecule has 0 saturated heterocycles. The number of aryl methyl sites for hydroxylation is 2. The number of phenols is 1. The Bertz CT molecular complexity index is 1010. The molecule has 0 radical (unpaired) electrons. The lowest BCUT2D eigenvalue weighted by atomic mass is 10.00. The van der Waals surface area contributed by atoms with Crippen molar-refractivity contribution in [3.8, 4) is 11.5 Å². The Kier molecular flexibility index (Phi) is 9.48. The lowest BCUT2D eigenvalue weighted by Crippen LogP contribution is -2.33. The first-order valence-electron chi connectivity index (χ1n) is 11.0. The van der Waals surface area contributed by atoms with Crippen molar-refractivity contribution in [1.29, 1.82) is 0 Å². The summed E-state index contributed by atoms with van der Waals surface area (Å²) >= 11 is 0. The van der Waals surface area contributed by atoms with E-state index in [0.29, 0.717) is 5.75 Å². The predicted molar refractivity (Wildman–Crippen MR) is 132 cm³/mol. The van der Waals surface area contributed by atoms with Crippen LogP contribution in [0.1, 0.15) is 53.4 Å². The number of rotatable bonds is 11. The maximum Gasteiger partial charge on any atom is 0.335 e. The first-order chi connectivity index (χ1) is 15.6. The minimum atomic E-state index is -0.974. The maximum atomic E-state index is 11.2. The van der Waals surface area contributed by atoms with Crippen LogP contribution >= 0.6 is 0 Å². The van der Waals surface area contributed by atoms with Crippen molar-refractivity contribution in [1.82, 2.24) is 10.2 Å². The molecule has 0 bridgehead atoms. The van der Waals surface area contributed by atoms with E-state index in [0.717, 1.165) is 35.4 Å². The Balaban J connectivity index is 2.26. The van der Waals surface area contributed by atoms with Gasteiger partial charge in [-0.3, -0.25) is 0 Å². The number of aromatic hydroxyl groups is 1. The molecule has 0 aliphatic rings. The lowest BCUT2D eigenvalue weighted by Gasteiger charge is -2.26. The number of hydrogen-bond acceptors (Lipinski definition) is 5. The van der Waals surface area contributed by atoms with Gasteiger partial charge in [0.1, 0.15) is 17.6 Å². The highest BCUT2D eigenvalue weighted by molar-refractivity contribution is 5.88. The molecular weight excluding hydrogens is 418 g/mol. The number of nitrogens with one attached hydrogen (secondary N) is 1. The number of allylic oxidation sites excluding steroid dienone is 1. The van der Waals surface area contributed by atoms with Gasteiger partial charge in [-0.2, -0.15) is 0 Å². The number of aliphatic imine (C=N–C) groups is 1. The van der Waals surface area contributed by atoms with Crippen molar-refractivity contribution >= 4 is 12.3 Å². The van der Waals surface area contributed by atoms with E-state index in [9.17, 15) is 15.0 Å². The smallest absolute Gasteiger partial charge is 0.335 e. The Morgan fingerprint density at radius 1 is 1.18 bits per heavy atom. The van der Waals surface area contributed by atoms with Gasteiger partial charge in [-0.15, -0.1) is 0 Å². The van der Waals surface area contributed by atoms with E-state index < -0.39 is 5.97 Å². The number of carbonyl (C=O) groups is 1. The van der Waals surface area contributed by atoms with Crippen LogP contribution in [-0.2, 0) is 0 Å². The van der Waals surface area contributed by atoms with Crippen molar-refractivity contribution in [2.75, 3.05) is 20.6 Å². The molecule has 0 aromatic heterocycles. The summed E-state index contributed by atoms with van der Waals surface area (Å²) in [6.45, 7) is 8.46. The number of benzene rings is 2. The number of aromatic carboxylic acids is 1. The summed E-state index contributed by atoms with van der Waals surface area (Å²) in [5, 5.41) is 22.8. The molecule has 2 rings (SSSR count). The molecule has 0 aliphatic heterocycles. The van der Waals surface area contributed by atoms with Crippen LogP contribution in [0.3, 0.4) is 0 Å². The van der Waals surface area contributed by atoms with Gasteiger partial charge in [0, 0.05) is 18.7 Å². The Morgan fingerprint density at radius 2 is 1.91 bits per heavy atom. The number of carboxylic acid groups (broad SMARTS) is 1. The van der Waals surface area contributed by atoms with Crippen LogP contribution in [0.15, 0.2) is 53.2 Å². The van der Waals surface area contributed by atoms with E-state index >= 15 is 0 Å². The average molecular weight is 454 g/mol. The topological polar surface area (TPSA) is 94.4 Å². The highest BCUT2D eigenvalue weighted by atomic mass is 16.5. The van der Waals surface area contributed by atoms with Gasteiger partial charge in [-0.25, -0.2) is 9.79 Å². The summed E-state index contributed by atoms with van der Waals surface area (Å²) in [7, 11) is 4.05. The van der Waals surface area contributed by atoms with E-state index in [-0.39, 0.29) is 23.5 Å². The normalized spacial score (nSPS) is 13.8. The van der Waals surface area contributed by atoms with Gasteiger partial charge in [0.15, 0.2) is 0 Å². The quantitative estimate of drug-likeness (QED) is 0.338. The number of nitrogens with zero attached hydrogens (tertiary/aromatic N) is 2. The fourth-order valence-corrected chi connectivity index (χ4v) is 3.33. The Labute approximate surface area is 196 Å². The predicted octanol–water partition coefficient (Wildman–Crippen LogP) is 4.69. The lowest BCUT2D eigenvalue weighted by molar-refractivity contribution is 0.0696. The number of carboxylic acids is 1. The van der Waals surface area contributed by atoms with Crippen LogP contribution < -0.4 is 10.1 Å². The molecule has 0 saturated carbocycles. The molecule has 7 heteroatoms. The highest BCUT2D eigenvalue weighted by Gasteiger charge is 2.22. The molecule has 7 nitrogen and oxygen atoms in total. The van der Waals surface area contributed by atoms with E-state index in [1.165, 1.54) is 6.07 Å². The first kappa shape index (κ1) is 25.9. The number of hydrogen-bond donors (Lipinski definition) is 3. The van der Waals surface area contributed by atoms with Gasteiger partial charge < -0.3 is 25.2 Å². The second-order valence-corrected chi connectivity index (χ2v) is 8.39. The van der Waals surface area contributed by atoms with Gasteiger partial charge in [0.2, 0.25) is 0 Å². The summed E-state index contributed by atoms with van der Waals surface area (Å²) in [5.41, 5.74) is 3.57. The summed E-state index contributed by atoms with van der Waals surface area (Å²) in [5.74, 6) is -0.157. The van der Waals surface area contributed by atoms with Gasteiger partial charge >= 0.3 is 5.97 Å². The van der Waals surface area contributed by atoms with Crippen LogP contribution in [0.4, 0.5) is 0 Å². The minimum absolute atomic E-state index is 0.213. The Morgan fingerprint density at radius 3 is 2.48 bits per heavy atom. The van der Waals surface area contributed by atoms with Crippen molar-refractivity contribution < 1.29 is 19.7 Å². The van der Waals surface area contributed by atoms with Crippen molar-refractivity contribution in [3.63, 3.8) is 0 Å². The van der Waals surface area contributed by atoms with Crippen molar-refractivity contribution in [2.24, 2.45) is 4.99 Å². The fraction of sp³-hybridized carbons (Fsp3) is 0.385. The molecule has 178 valence electrons. The second kappa shape index (κ2) is 12.1. The largest absolute Gasteiger partial charge is 0.508 e. The second-order valence-electron chi connectivity index (χ2n) is 8.39. The van der Waals surface area contributed by atoms with E-state index in [1.807, 2.05) is 60.0 Å². The molecule has 0 amide bonds. The summed E-state index contributed by atoms with van der Waals surface area (Å²) < 4.78 is 6.21. The zero-order valence-electron chi connectivity index (χ0n) is 20.3. The summed E-state index contributed by atoms with van der Waals surface area (Å²) in [6, 6.07) is 10.0. The van der Waals surface area contributed by atoms with Crippen LogP contribution in [0.2, 0.25) is 0 Å². The van der Waals surface area contributed by atoms with E-state index in [4.69, 9.17) is 4.74 Å². The molecular formula is C26H35N3O4. The molecule has 2 aromatic carbocycles. The molecule has 1 unspecified atom stereocenters. The highest BCUT2D eigenvalue weighted by Crippen LogP contribution is 2.28. The SMILES string of the molecule is C/C=C(CCN(C)C)\N=C/NC(c1ccc(C)c(O)c1)[C@@H](C)Oc1ccc(C(=O)O)cc1C. The van der Waals surface area contributed by atoms with Crippen LogP contribution in [0.5, 0.6) is 11.5 Å². The third-order valence-electron chi connectivity index (χ3n) is 5.43. The van der Waals surface area contributed by atoms with Crippen molar-refractivity contribution in [2.45, 2.75) is 46.3 Å². The number of phenolic OH excluding ortho intramolecular Hbond substituents is 1. The van der Waals surface area contributed by atoms with Crippen LogP contribution in [-0.4, -0.2) is 54.2 Å². The summed E-state index contributed by atoms with van der Waals surface area (Å²) in [6.07, 6.45) is 4.15. The molecule has 2 aromatic rings. The maximum absolute atomic E-state index is 11.2. The molecule has 0 spiro atoms. The zero-order chi connectivity index (χ0) is 24.5. The molecule has 0 fully saturated rings. The standard InChI is InChI=1S/C26H35N3O4/c1-7-22(12-13-29(5)6)27-16-28-25(20-9-8-17(2)23(30)15-20)19(4)33-24-11-10-21(26(31)32)14-18(24)3/h7-11,14-16,19,25,30H,12-13H2,1-6H3,(H,27,28)(H,31,32)/b22-7-/t19-,25?/m1/s1. The van der Waals surface area contributed by atoms with Crippen LogP contribution in [0, 0.1) is 13.8 Å². The fourth-order valence-electron chi connectivity index (χ4n) is 3.33. The van der Waals surface area contributed by atoms with Gasteiger partial charge in [-0.05, 0) is 82.7 Å². The van der Waals surface area contributed by atoms with Gasteiger partial charge in [-0.1, -0.05) is 18.2 Å².